The van der Waals surface area contributed by atoms with Crippen molar-refractivity contribution in [2.24, 2.45) is 5.41 Å². The summed E-state index contributed by atoms with van der Waals surface area (Å²) in [5.41, 5.74) is -0.0884. The van der Waals surface area contributed by atoms with Crippen molar-refractivity contribution in [3.05, 3.63) is 0 Å². The predicted octanol–water partition coefficient (Wildman–Crippen LogP) is -0.0247. The summed E-state index contributed by atoms with van der Waals surface area (Å²) in [6.45, 7) is 7.17. The Hall–Kier alpha value is -0.120. The van der Waals surface area contributed by atoms with Crippen LogP contribution in [0.5, 0.6) is 0 Å². The third-order valence-electron chi connectivity index (χ3n) is 1.47. The van der Waals surface area contributed by atoms with Crippen LogP contribution in [0, 0.1) is 5.41 Å². The monoisotopic (exact) mass is 161 g/mol. The first-order chi connectivity index (χ1) is 4.98. The third kappa shape index (κ3) is 6.28. The molecule has 3 heteroatoms. The molecule has 0 radical (unpaired) electrons. The molecule has 0 aliphatic carbocycles. The Morgan fingerprint density at radius 1 is 1.45 bits per heavy atom. The minimum Gasteiger partial charge on any atom is -0.396 e. The van der Waals surface area contributed by atoms with Crippen molar-refractivity contribution in [1.29, 1.82) is 0 Å². The summed E-state index contributed by atoms with van der Waals surface area (Å²) in [6, 6.07) is 0. The second-order valence-corrected chi connectivity index (χ2v) is 3.80. The van der Waals surface area contributed by atoms with Gasteiger partial charge in [0.05, 0.1) is 6.10 Å². The van der Waals surface area contributed by atoms with Crippen molar-refractivity contribution in [1.82, 2.24) is 5.32 Å². The lowest BCUT2D eigenvalue weighted by molar-refractivity contribution is 0.143. The maximum atomic E-state index is 8.90. The van der Waals surface area contributed by atoms with E-state index < -0.39 is 0 Å². The molecule has 0 aliphatic heterocycles. The minimum atomic E-state index is -0.315. The smallest absolute Gasteiger partial charge is 0.0636 e. The lowest BCUT2D eigenvalue weighted by Gasteiger charge is -2.22. The van der Waals surface area contributed by atoms with E-state index in [1.807, 2.05) is 13.8 Å². The number of rotatable bonds is 5. The fraction of sp³-hybridized carbons (Fsp3) is 1.00. The highest BCUT2D eigenvalue weighted by Crippen LogP contribution is 2.10. The highest BCUT2D eigenvalue weighted by Gasteiger charge is 2.15. The van der Waals surface area contributed by atoms with E-state index in [2.05, 4.69) is 5.32 Å². The van der Waals surface area contributed by atoms with Crippen LogP contribution in [0.3, 0.4) is 0 Å². The Labute approximate surface area is 68.4 Å². The molecule has 3 N–H and O–H groups in total. The largest absolute Gasteiger partial charge is 0.396 e. The van der Waals surface area contributed by atoms with Crippen molar-refractivity contribution in [2.45, 2.75) is 26.9 Å². The molecule has 0 amide bonds. The summed E-state index contributed by atoms with van der Waals surface area (Å²) in [6.07, 6.45) is -0.315. The molecule has 0 spiro atoms. The van der Waals surface area contributed by atoms with Crippen molar-refractivity contribution >= 4 is 0 Å². The fourth-order valence-electron chi connectivity index (χ4n) is 0.675. The number of aliphatic hydroxyl groups is 2. The molecule has 0 unspecified atom stereocenters. The molecular weight excluding hydrogens is 142 g/mol. The van der Waals surface area contributed by atoms with Gasteiger partial charge in [-0.15, -0.1) is 0 Å². The maximum Gasteiger partial charge on any atom is 0.0636 e. The van der Waals surface area contributed by atoms with E-state index in [1.54, 1.807) is 6.92 Å². The van der Waals surface area contributed by atoms with Crippen molar-refractivity contribution in [3.8, 4) is 0 Å². The van der Waals surface area contributed by atoms with Gasteiger partial charge in [0.15, 0.2) is 0 Å². The van der Waals surface area contributed by atoms with Crippen LogP contribution in [-0.4, -0.2) is 36.0 Å². The Morgan fingerprint density at radius 2 is 2.00 bits per heavy atom. The second kappa shape index (κ2) is 4.70. The van der Waals surface area contributed by atoms with Crippen LogP contribution in [0.1, 0.15) is 20.8 Å². The molecule has 0 aromatic rings. The van der Waals surface area contributed by atoms with E-state index in [9.17, 15) is 0 Å². The molecule has 0 rings (SSSR count). The number of hydrogen-bond donors (Lipinski definition) is 3. The van der Waals surface area contributed by atoms with E-state index in [0.717, 1.165) is 6.54 Å². The van der Waals surface area contributed by atoms with Crippen LogP contribution in [0.2, 0.25) is 0 Å². The van der Waals surface area contributed by atoms with Gasteiger partial charge < -0.3 is 15.5 Å². The Morgan fingerprint density at radius 3 is 2.36 bits per heavy atom. The average Bonchev–Trinajstić information content (AvgIpc) is 1.87. The Kier molecular flexibility index (Phi) is 4.65. The highest BCUT2D eigenvalue weighted by atomic mass is 16.3. The molecule has 0 bridgehead atoms. The van der Waals surface area contributed by atoms with Gasteiger partial charge >= 0.3 is 0 Å². The lowest BCUT2D eigenvalue weighted by Crippen LogP contribution is -2.35. The zero-order chi connectivity index (χ0) is 8.91. The normalized spacial score (nSPS) is 15.0. The van der Waals surface area contributed by atoms with Crippen LogP contribution in [-0.2, 0) is 0 Å². The standard InChI is InChI=1S/C8H19NO2/c1-7(11)4-9-5-8(2,3)6-10/h7,9-11H,4-6H2,1-3H3/t7-/m1/s1. The molecule has 0 fully saturated rings. The maximum absolute atomic E-state index is 8.90. The molecular formula is C8H19NO2. The molecule has 0 saturated carbocycles. The van der Waals surface area contributed by atoms with E-state index in [0.29, 0.717) is 6.54 Å². The predicted molar refractivity (Wildman–Crippen MR) is 45.4 cm³/mol. The molecule has 0 aromatic carbocycles. The first-order valence-electron chi connectivity index (χ1n) is 3.97. The van der Waals surface area contributed by atoms with Gasteiger partial charge in [0, 0.05) is 25.1 Å². The summed E-state index contributed by atoms with van der Waals surface area (Å²) in [5, 5.41) is 20.8. The Balaban J connectivity index is 3.38. The topological polar surface area (TPSA) is 52.5 Å². The molecule has 0 aromatic heterocycles. The number of hydrogen-bond acceptors (Lipinski definition) is 3. The van der Waals surface area contributed by atoms with Crippen molar-refractivity contribution < 1.29 is 10.2 Å². The lowest BCUT2D eigenvalue weighted by atomic mass is 9.95. The highest BCUT2D eigenvalue weighted by molar-refractivity contribution is 4.70. The van der Waals surface area contributed by atoms with E-state index in [-0.39, 0.29) is 18.1 Å². The number of aliphatic hydroxyl groups excluding tert-OH is 2. The van der Waals surface area contributed by atoms with Gasteiger partial charge in [0.2, 0.25) is 0 Å². The van der Waals surface area contributed by atoms with Crippen molar-refractivity contribution in [2.75, 3.05) is 19.7 Å². The van der Waals surface area contributed by atoms with Crippen LogP contribution < -0.4 is 5.32 Å². The van der Waals surface area contributed by atoms with Crippen LogP contribution in [0.25, 0.3) is 0 Å². The minimum absolute atomic E-state index is 0.0884. The third-order valence-corrected chi connectivity index (χ3v) is 1.47. The second-order valence-electron chi connectivity index (χ2n) is 3.80. The van der Waals surface area contributed by atoms with Gasteiger partial charge in [-0.1, -0.05) is 13.8 Å². The van der Waals surface area contributed by atoms with E-state index >= 15 is 0 Å². The molecule has 11 heavy (non-hydrogen) atoms. The SMILES string of the molecule is C[C@@H](O)CNCC(C)(C)CO. The summed E-state index contributed by atoms with van der Waals surface area (Å²) in [7, 11) is 0. The average molecular weight is 161 g/mol. The summed E-state index contributed by atoms with van der Waals surface area (Å²) in [4.78, 5) is 0. The summed E-state index contributed by atoms with van der Waals surface area (Å²) >= 11 is 0. The van der Waals surface area contributed by atoms with Gasteiger partial charge in [0.25, 0.3) is 0 Å². The van der Waals surface area contributed by atoms with Gasteiger partial charge in [-0.05, 0) is 6.92 Å². The van der Waals surface area contributed by atoms with Crippen LogP contribution in [0.15, 0.2) is 0 Å². The van der Waals surface area contributed by atoms with Gasteiger partial charge in [-0.2, -0.15) is 0 Å². The van der Waals surface area contributed by atoms with Gasteiger partial charge in [-0.25, -0.2) is 0 Å². The molecule has 0 aliphatic rings. The van der Waals surface area contributed by atoms with E-state index in [4.69, 9.17) is 10.2 Å². The molecule has 1 atom stereocenters. The molecule has 68 valence electrons. The van der Waals surface area contributed by atoms with Gasteiger partial charge in [-0.3, -0.25) is 0 Å². The zero-order valence-electron chi connectivity index (χ0n) is 7.59. The fourth-order valence-corrected chi connectivity index (χ4v) is 0.675. The number of nitrogens with one attached hydrogen (secondary N) is 1. The summed E-state index contributed by atoms with van der Waals surface area (Å²) in [5.74, 6) is 0. The zero-order valence-corrected chi connectivity index (χ0v) is 7.59. The van der Waals surface area contributed by atoms with E-state index in [1.165, 1.54) is 0 Å². The molecule has 0 saturated heterocycles. The van der Waals surface area contributed by atoms with Crippen LogP contribution in [0.4, 0.5) is 0 Å². The molecule has 3 nitrogen and oxygen atoms in total. The quantitative estimate of drug-likeness (QED) is 0.531. The van der Waals surface area contributed by atoms with Crippen LogP contribution >= 0.6 is 0 Å². The first-order valence-corrected chi connectivity index (χ1v) is 3.97. The van der Waals surface area contributed by atoms with Crippen molar-refractivity contribution in [3.63, 3.8) is 0 Å². The van der Waals surface area contributed by atoms with Gasteiger partial charge in [0.1, 0.15) is 0 Å². The Bertz CT molecular complexity index is 102. The first kappa shape index (κ1) is 10.9. The summed E-state index contributed by atoms with van der Waals surface area (Å²) < 4.78 is 0. The molecule has 0 heterocycles.